The van der Waals surface area contributed by atoms with Crippen molar-refractivity contribution >= 4 is 21.9 Å². The maximum absolute atomic E-state index is 10.6. The number of hydrogen-bond acceptors (Lipinski definition) is 5. The van der Waals surface area contributed by atoms with Crippen LogP contribution in [0.1, 0.15) is 12.8 Å². The fraction of sp³-hybridized carbons (Fsp3) is 0.250. The Hall–Kier alpha value is -1.73. The molecule has 0 saturated heterocycles. The summed E-state index contributed by atoms with van der Waals surface area (Å²) in [5.41, 5.74) is 0.802. The smallest absolute Gasteiger partial charge is 0.332 e. The molecule has 7 heteroatoms. The molecule has 1 aromatic carbocycles. The lowest BCUT2D eigenvalue weighted by atomic mass is 10.2. The molecule has 100 valence electrons. The van der Waals surface area contributed by atoms with Crippen LogP contribution in [0.25, 0.3) is 11.4 Å². The Morgan fingerprint density at radius 2 is 2.37 bits per heavy atom. The molecule has 19 heavy (non-hydrogen) atoms. The summed E-state index contributed by atoms with van der Waals surface area (Å²) in [6, 6.07) is 7.45. The van der Waals surface area contributed by atoms with Crippen LogP contribution in [0.15, 0.2) is 33.3 Å². The number of hydrogen-bond donors (Lipinski definition) is 1. The molecule has 1 unspecified atom stereocenters. The molecule has 0 spiro atoms. The summed E-state index contributed by atoms with van der Waals surface area (Å²) < 4.78 is 11.0. The van der Waals surface area contributed by atoms with E-state index in [-0.39, 0.29) is 12.5 Å². The molecule has 0 fully saturated rings. The van der Waals surface area contributed by atoms with Gasteiger partial charge in [-0.3, -0.25) is 0 Å². The Labute approximate surface area is 117 Å². The Morgan fingerprint density at radius 3 is 3.05 bits per heavy atom. The highest BCUT2D eigenvalue weighted by Crippen LogP contribution is 2.20. The molecule has 1 aromatic heterocycles. The van der Waals surface area contributed by atoms with Gasteiger partial charge >= 0.3 is 5.97 Å². The van der Waals surface area contributed by atoms with Crippen LogP contribution in [-0.2, 0) is 16.1 Å². The molecule has 0 aliphatic carbocycles. The molecule has 0 aliphatic rings. The number of rotatable bonds is 5. The van der Waals surface area contributed by atoms with Gasteiger partial charge in [-0.25, -0.2) is 4.79 Å². The van der Waals surface area contributed by atoms with Crippen molar-refractivity contribution < 1.29 is 19.2 Å². The minimum absolute atomic E-state index is 0.0333. The highest BCUT2D eigenvalue weighted by molar-refractivity contribution is 9.10. The van der Waals surface area contributed by atoms with Gasteiger partial charge in [-0.05, 0) is 19.1 Å². The zero-order valence-electron chi connectivity index (χ0n) is 10.0. The van der Waals surface area contributed by atoms with Gasteiger partial charge in [-0.15, -0.1) is 0 Å². The fourth-order valence-corrected chi connectivity index (χ4v) is 1.73. The topological polar surface area (TPSA) is 85.5 Å². The number of halogens is 1. The molecule has 0 radical (unpaired) electrons. The predicted molar refractivity (Wildman–Crippen MR) is 69.3 cm³/mol. The van der Waals surface area contributed by atoms with Gasteiger partial charge in [0.25, 0.3) is 5.89 Å². The number of ether oxygens (including phenoxy) is 1. The van der Waals surface area contributed by atoms with Crippen molar-refractivity contribution in [2.24, 2.45) is 0 Å². The third-order valence-corrected chi connectivity index (χ3v) is 2.85. The van der Waals surface area contributed by atoms with Crippen LogP contribution in [0.2, 0.25) is 0 Å². The summed E-state index contributed by atoms with van der Waals surface area (Å²) in [4.78, 5) is 14.7. The first-order valence-electron chi connectivity index (χ1n) is 5.49. The molecular formula is C12H11BrN2O4. The molecule has 0 bridgehead atoms. The molecule has 6 nitrogen and oxygen atoms in total. The lowest BCUT2D eigenvalue weighted by molar-refractivity contribution is -0.150. The van der Waals surface area contributed by atoms with Gasteiger partial charge in [0.15, 0.2) is 6.10 Å². The third kappa shape index (κ3) is 3.62. The summed E-state index contributed by atoms with van der Waals surface area (Å²) in [6.45, 7) is 1.41. The van der Waals surface area contributed by atoms with Crippen LogP contribution < -0.4 is 0 Å². The van der Waals surface area contributed by atoms with Crippen LogP contribution in [0.4, 0.5) is 0 Å². The highest BCUT2D eigenvalue weighted by atomic mass is 79.9. The second-order valence-corrected chi connectivity index (χ2v) is 4.73. The SMILES string of the molecule is CC(OCc1nc(-c2cccc(Br)c2)no1)C(=O)O. The standard InChI is InChI=1S/C12H11BrN2O4/c1-7(12(16)17)18-6-10-14-11(15-19-10)8-3-2-4-9(13)5-8/h2-5,7H,6H2,1H3,(H,16,17). The van der Waals surface area contributed by atoms with Crippen molar-refractivity contribution in [3.63, 3.8) is 0 Å². The lowest BCUT2D eigenvalue weighted by Gasteiger charge is -2.04. The van der Waals surface area contributed by atoms with Gasteiger partial charge < -0.3 is 14.4 Å². The molecular weight excluding hydrogens is 316 g/mol. The Balaban J connectivity index is 2.05. The van der Waals surface area contributed by atoms with E-state index in [0.29, 0.717) is 5.82 Å². The van der Waals surface area contributed by atoms with Gasteiger partial charge in [-0.2, -0.15) is 4.98 Å². The average Bonchev–Trinajstić information content (AvgIpc) is 2.84. The van der Waals surface area contributed by atoms with Gasteiger partial charge in [0.05, 0.1) is 0 Å². The van der Waals surface area contributed by atoms with Crippen molar-refractivity contribution in [1.29, 1.82) is 0 Å². The van der Waals surface area contributed by atoms with E-state index < -0.39 is 12.1 Å². The largest absolute Gasteiger partial charge is 0.479 e. The number of nitrogens with zero attached hydrogens (tertiary/aromatic N) is 2. The Bertz CT molecular complexity index is 585. The van der Waals surface area contributed by atoms with Crippen molar-refractivity contribution in [1.82, 2.24) is 10.1 Å². The van der Waals surface area contributed by atoms with E-state index in [4.69, 9.17) is 14.4 Å². The minimum atomic E-state index is -1.04. The van der Waals surface area contributed by atoms with Crippen LogP contribution >= 0.6 is 15.9 Å². The van der Waals surface area contributed by atoms with E-state index in [2.05, 4.69) is 26.1 Å². The molecule has 2 aromatic rings. The van der Waals surface area contributed by atoms with E-state index in [1.165, 1.54) is 6.92 Å². The fourth-order valence-electron chi connectivity index (χ4n) is 1.33. The maximum Gasteiger partial charge on any atom is 0.332 e. The zero-order valence-corrected chi connectivity index (χ0v) is 11.6. The summed E-state index contributed by atoms with van der Waals surface area (Å²) in [7, 11) is 0. The normalized spacial score (nSPS) is 12.3. The monoisotopic (exact) mass is 326 g/mol. The minimum Gasteiger partial charge on any atom is -0.479 e. The number of carbonyl (C=O) groups is 1. The van der Waals surface area contributed by atoms with Gasteiger partial charge in [0.2, 0.25) is 5.82 Å². The first kappa shape index (κ1) is 13.7. The quantitative estimate of drug-likeness (QED) is 0.908. The van der Waals surface area contributed by atoms with Crippen molar-refractivity contribution in [2.45, 2.75) is 19.6 Å². The molecule has 0 amide bonds. The van der Waals surface area contributed by atoms with Crippen molar-refractivity contribution in [3.05, 3.63) is 34.6 Å². The summed E-state index contributed by atoms with van der Waals surface area (Å²) in [6.07, 6.45) is -0.916. The molecule has 0 aliphatic heterocycles. The van der Waals surface area contributed by atoms with E-state index in [1.807, 2.05) is 24.3 Å². The number of aromatic nitrogens is 2. The predicted octanol–water partition coefficient (Wildman–Crippen LogP) is 2.49. The third-order valence-electron chi connectivity index (χ3n) is 2.36. The summed E-state index contributed by atoms with van der Waals surface area (Å²) in [5.74, 6) is -0.363. The van der Waals surface area contributed by atoms with Crippen LogP contribution in [0, 0.1) is 0 Å². The first-order chi connectivity index (χ1) is 9.06. The number of carboxylic acids is 1. The van der Waals surface area contributed by atoms with E-state index in [9.17, 15) is 4.79 Å². The highest BCUT2D eigenvalue weighted by Gasteiger charge is 2.14. The second kappa shape index (κ2) is 5.94. The maximum atomic E-state index is 10.6. The van der Waals surface area contributed by atoms with E-state index in [0.717, 1.165) is 10.0 Å². The van der Waals surface area contributed by atoms with Gasteiger partial charge in [-0.1, -0.05) is 33.2 Å². The average molecular weight is 327 g/mol. The summed E-state index contributed by atoms with van der Waals surface area (Å²) in [5, 5.41) is 12.5. The molecule has 1 heterocycles. The van der Waals surface area contributed by atoms with Gasteiger partial charge in [0, 0.05) is 10.0 Å². The Kier molecular flexibility index (Phi) is 4.28. The number of benzene rings is 1. The molecule has 0 saturated carbocycles. The van der Waals surface area contributed by atoms with Crippen LogP contribution in [-0.4, -0.2) is 27.3 Å². The first-order valence-corrected chi connectivity index (χ1v) is 6.28. The molecule has 1 N–H and O–H groups in total. The van der Waals surface area contributed by atoms with Gasteiger partial charge in [0.1, 0.15) is 6.61 Å². The number of aliphatic carboxylic acids is 1. The molecule has 2 rings (SSSR count). The summed E-state index contributed by atoms with van der Waals surface area (Å²) >= 11 is 3.36. The van der Waals surface area contributed by atoms with Crippen molar-refractivity contribution in [2.75, 3.05) is 0 Å². The van der Waals surface area contributed by atoms with Crippen LogP contribution in [0.5, 0.6) is 0 Å². The molecule has 1 atom stereocenters. The Morgan fingerprint density at radius 1 is 1.58 bits per heavy atom. The zero-order chi connectivity index (χ0) is 13.8. The van der Waals surface area contributed by atoms with Crippen LogP contribution in [0.3, 0.4) is 0 Å². The van der Waals surface area contributed by atoms with E-state index in [1.54, 1.807) is 0 Å². The second-order valence-electron chi connectivity index (χ2n) is 3.81. The number of carboxylic acid groups (broad SMARTS) is 1. The lowest BCUT2D eigenvalue weighted by Crippen LogP contribution is -2.19. The van der Waals surface area contributed by atoms with Crippen molar-refractivity contribution in [3.8, 4) is 11.4 Å². The van der Waals surface area contributed by atoms with E-state index >= 15 is 0 Å².